The molecule has 3 nitrogen and oxygen atoms in total. The molecule has 1 unspecified atom stereocenters. The van der Waals surface area contributed by atoms with E-state index in [1.54, 1.807) is 0 Å². The number of thiocarbonyl (C=S) groups is 1. The molecule has 0 radical (unpaired) electrons. The van der Waals surface area contributed by atoms with Crippen LogP contribution in [-0.4, -0.2) is 29.8 Å². The molecule has 2 fully saturated rings. The first kappa shape index (κ1) is 14.8. The maximum absolute atomic E-state index is 6.07. The third kappa shape index (κ3) is 3.38. The lowest BCUT2D eigenvalue weighted by molar-refractivity contribution is -0.132. The molecule has 2 aliphatic rings. The van der Waals surface area contributed by atoms with Gasteiger partial charge in [-0.05, 0) is 44.2 Å². The van der Waals surface area contributed by atoms with Crippen LogP contribution >= 0.6 is 12.2 Å². The number of hydrogen-bond donors (Lipinski definition) is 1. The minimum atomic E-state index is 0.166. The molecule has 0 bridgehead atoms. The molecule has 4 heteroatoms. The second-order valence-corrected chi connectivity index (χ2v) is 6.80. The molecule has 1 heterocycles. The molecule has 1 atom stereocenters. The van der Waals surface area contributed by atoms with Crippen molar-refractivity contribution >= 4 is 22.9 Å². The summed E-state index contributed by atoms with van der Waals surface area (Å²) in [4.78, 5) is 3.09. The Morgan fingerprint density at radius 3 is 2.71 bits per heavy atom. The molecular formula is C17H24N2OS. The number of para-hydroxylation sites is 1. The average molecular weight is 304 g/mol. The van der Waals surface area contributed by atoms with Crippen molar-refractivity contribution in [1.82, 2.24) is 0 Å². The number of rotatable bonds is 5. The third-order valence-corrected chi connectivity index (χ3v) is 5.06. The van der Waals surface area contributed by atoms with Crippen molar-refractivity contribution in [3.05, 3.63) is 30.3 Å². The smallest absolute Gasteiger partial charge is 0.0745 e. The van der Waals surface area contributed by atoms with Crippen molar-refractivity contribution < 1.29 is 4.74 Å². The van der Waals surface area contributed by atoms with Gasteiger partial charge in [-0.2, -0.15) is 0 Å². The van der Waals surface area contributed by atoms with E-state index in [-0.39, 0.29) is 5.60 Å². The van der Waals surface area contributed by atoms with Crippen molar-refractivity contribution in [3.8, 4) is 0 Å². The van der Waals surface area contributed by atoms with Crippen molar-refractivity contribution in [2.24, 2.45) is 5.73 Å². The normalized spacial score (nSPS) is 23.5. The van der Waals surface area contributed by atoms with Crippen LogP contribution in [0, 0.1) is 0 Å². The number of benzene rings is 1. The summed E-state index contributed by atoms with van der Waals surface area (Å²) in [6, 6.07) is 11.2. The van der Waals surface area contributed by atoms with E-state index >= 15 is 0 Å². The Labute approximate surface area is 132 Å². The van der Waals surface area contributed by atoms with Crippen molar-refractivity contribution in [1.29, 1.82) is 0 Å². The van der Waals surface area contributed by atoms with Gasteiger partial charge in [-0.1, -0.05) is 30.4 Å². The summed E-state index contributed by atoms with van der Waals surface area (Å²) >= 11 is 5.07. The van der Waals surface area contributed by atoms with Gasteiger partial charge in [-0.3, -0.25) is 0 Å². The lowest BCUT2D eigenvalue weighted by Gasteiger charge is -2.50. The van der Waals surface area contributed by atoms with E-state index in [1.165, 1.54) is 24.9 Å². The van der Waals surface area contributed by atoms with Crippen molar-refractivity contribution in [2.45, 2.75) is 50.2 Å². The summed E-state index contributed by atoms with van der Waals surface area (Å²) in [6.45, 7) is 1.78. The summed E-state index contributed by atoms with van der Waals surface area (Å²) in [6.07, 6.45) is 6.76. The molecule has 2 N–H and O–H groups in total. The van der Waals surface area contributed by atoms with Gasteiger partial charge in [0.15, 0.2) is 0 Å². The van der Waals surface area contributed by atoms with Gasteiger partial charge in [-0.15, -0.1) is 0 Å². The van der Waals surface area contributed by atoms with Crippen LogP contribution in [0.15, 0.2) is 30.3 Å². The second-order valence-electron chi connectivity index (χ2n) is 6.28. The predicted molar refractivity (Wildman–Crippen MR) is 90.7 cm³/mol. The molecule has 0 aromatic heterocycles. The number of nitrogens with zero attached hydrogens (tertiary/aromatic N) is 1. The molecule has 1 aromatic rings. The fourth-order valence-corrected chi connectivity index (χ4v) is 3.65. The van der Waals surface area contributed by atoms with Crippen LogP contribution in [0.25, 0.3) is 0 Å². The largest absolute Gasteiger partial charge is 0.393 e. The Morgan fingerprint density at radius 2 is 2.10 bits per heavy atom. The molecule has 1 aliphatic carbocycles. The maximum atomic E-state index is 6.07. The zero-order chi connectivity index (χ0) is 14.7. The van der Waals surface area contributed by atoms with Gasteiger partial charge < -0.3 is 15.4 Å². The van der Waals surface area contributed by atoms with E-state index in [4.69, 9.17) is 22.7 Å². The van der Waals surface area contributed by atoms with Crippen LogP contribution in [0.4, 0.5) is 5.69 Å². The molecule has 114 valence electrons. The first-order valence-corrected chi connectivity index (χ1v) is 8.33. The van der Waals surface area contributed by atoms with Crippen molar-refractivity contribution in [2.75, 3.05) is 18.1 Å². The van der Waals surface area contributed by atoms with E-state index in [1.807, 2.05) is 0 Å². The number of ether oxygens (including phenoxy) is 1. The zero-order valence-corrected chi connectivity index (χ0v) is 13.3. The van der Waals surface area contributed by atoms with E-state index in [0.717, 1.165) is 32.4 Å². The summed E-state index contributed by atoms with van der Waals surface area (Å²) in [7, 11) is 0. The Balaban J connectivity index is 1.75. The van der Waals surface area contributed by atoms with Gasteiger partial charge in [0.05, 0.1) is 10.6 Å². The second kappa shape index (κ2) is 6.32. The Kier molecular flexibility index (Phi) is 4.45. The van der Waals surface area contributed by atoms with E-state index in [9.17, 15) is 0 Å². The monoisotopic (exact) mass is 304 g/mol. The minimum absolute atomic E-state index is 0.166. The molecule has 1 spiro atoms. The first-order valence-electron chi connectivity index (χ1n) is 7.93. The number of anilines is 1. The average Bonchev–Trinajstić information content (AvgIpc) is 2.47. The molecule has 1 aliphatic heterocycles. The van der Waals surface area contributed by atoms with E-state index in [0.29, 0.717) is 11.0 Å². The molecule has 0 amide bonds. The lowest BCUT2D eigenvalue weighted by Crippen LogP contribution is -2.52. The van der Waals surface area contributed by atoms with Crippen LogP contribution < -0.4 is 10.6 Å². The SMILES string of the molecule is NC(=S)CCN(c1ccccc1)C1CCOC2(CCC2)C1. The number of nitrogens with two attached hydrogens (primary N) is 1. The van der Waals surface area contributed by atoms with E-state index in [2.05, 4.69) is 35.2 Å². The Hall–Kier alpha value is -1.13. The molecule has 21 heavy (non-hydrogen) atoms. The molecule has 1 aromatic carbocycles. The summed E-state index contributed by atoms with van der Waals surface area (Å²) in [5.74, 6) is 0. The van der Waals surface area contributed by atoms with Crippen LogP contribution in [0.1, 0.15) is 38.5 Å². The molecule has 3 rings (SSSR count). The van der Waals surface area contributed by atoms with Crippen LogP contribution in [-0.2, 0) is 4.74 Å². The van der Waals surface area contributed by atoms with Crippen LogP contribution in [0.5, 0.6) is 0 Å². The molecule has 1 saturated heterocycles. The van der Waals surface area contributed by atoms with Gasteiger partial charge in [-0.25, -0.2) is 0 Å². The summed E-state index contributed by atoms with van der Waals surface area (Å²) in [5, 5.41) is 0. The minimum Gasteiger partial charge on any atom is -0.393 e. The van der Waals surface area contributed by atoms with E-state index < -0.39 is 0 Å². The van der Waals surface area contributed by atoms with Gasteiger partial charge in [0.1, 0.15) is 0 Å². The summed E-state index contributed by atoms with van der Waals surface area (Å²) < 4.78 is 6.07. The maximum Gasteiger partial charge on any atom is 0.0745 e. The lowest BCUT2D eigenvalue weighted by atomic mass is 9.73. The van der Waals surface area contributed by atoms with Gasteiger partial charge in [0, 0.05) is 31.3 Å². The third-order valence-electron chi connectivity index (χ3n) is 4.86. The standard InChI is InChI=1S/C17H24N2OS/c18-16(21)7-11-19(14-5-2-1-3-6-14)15-8-12-20-17(13-15)9-4-10-17/h1-3,5-6,15H,4,7-13H2,(H2,18,21). The zero-order valence-electron chi connectivity index (χ0n) is 12.5. The molecule has 1 saturated carbocycles. The fourth-order valence-electron chi connectivity index (χ4n) is 3.56. The van der Waals surface area contributed by atoms with Crippen LogP contribution in [0.3, 0.4) is 0 Å². The summed E-state index contributed by atoms with van der Waals surface area (Å²) in [5.41, 5.74) is 7.16. The molecular weight excluding hydrogens is 280 g/mol. The highest BCUT2D eigenvalue weighted by molar-refractivity contribution is 7.80. The van der Waals surface area contributed by atoms with Crippen molar-refractivity contribution in [3.63, 3.8) is 0 Å². The highest BCUT2D eigenvalue weighted by Crippen LogP contribution is 2.44. The Morgan fingerprint density at radius 1 is 1.33 bits per heavy atom. The van der Waals surface area contributed by atoms with Gasteiger partial charge in [0.25, 0.3) is 0 Å². The quantitative estimate of drug-likeness (QED) is 0.847. The van der Waals surface area contributed by atoms with Crippen LogP contribution in [0.2, 0.25) is 0 Å². The first-order chi connectivity index (χ1) is 10.2. The highest BCUT2D eigenvalue weighted by Gasteiger charge is 2.43. The van der Waals surface area contributed by atoms with Gasteiger partial charge in [0.2, 0.25) is 0 Å². The predicted octanol–water partition coefficient (Wildman–Crippen LogP) is 3.27. The van der Waals surface area contributed by atoms with Gasteiger partial charge >= 0.3 is 0 Å². The topological polar surface area (TPSA) is 38.5 Å². The Bertz CT molecular complexity index is 487. The fraction of sp³-hybridized carbons (Fsp3) is 0.588. The number of hydrogen-bond acceptors (Lipinski definition) is 3. The highest BCUT2D eigenvalue weighted by atomic mass is 32.1.